The van der Waals surface area contributed by atoms with Crippen LogP contribution >= 0.6 is 0 Å². The number of benzene rings is 8. The molecule has 0 spiro atoms. The van der Waals surface area contributed by atoms with Crippen molar-refractivity contribution in [2.75, 3.05) is 4.90 Å². The van der Waals surface area contributed by atoms with Crippen LogP contribution in [0.15, 0.2) is 157 Å². The minimum atomic E-state index is -0.203. The molecule has 0 amide bonds. The van der Waals surface area contributed by atoms with Crippen LogP contribution in [-0.4, -0.2) is 0 Å². The zero-order valence-electron chi connectivity index (χ0n) is 42.1. The summed E-state index contributed by atoms with van der Waals surface area (Å²) >= 11 is 0. The highest BCUT2D eigenvalue weighted by molar-refractivity contribution is 6.12. The number of anilines is 3. The first-order valence-corrected chi connectivity index (χ1v) is 24.5. The van der Waals surface area contributed by atoms with E-state index in [1.54, 1.807) is 5.57 Å². The van der Waals surface area contributed by atoms with Crippen molar-refractivity contribution in [3.63, 3.8) is 0 Å². The first-order valence-electron chi connectivity index (χ1n) is 24.5. The van der Waals surface area contributed by atoms with Crippen molar-refractivity contribution in [1.29, 1.82) is 0 Å². The largest absolute Gasteiger partial charge is 0.310 e. The number of fused-ring (bicyclic) bond motifs is 11. The fourth-order valence-electron chi connectivity index (χ4n) is 10.8. The van der Waals surface area contributed by atoms with Gasteiger partial charge in [0.15, 0.2) is 0 Å². The Balaban J connectivity index is 0.000000276. The van der Waals surface area contributed by atoms with Crippen LogP contribution in [0, 0.1) is 40.5 Å². The molecule has 1 unspecified atom stereocenters. The lowest BCUT2D eigenvalue weighted by Crippen LogP contribution is -2.24. The molecular weight excluding hydrogens is 795 g/mol. The Morgan fingerprint density at radius 1 is 0.470 bits per heavy atom. The van der Waals surface area contributed by atoms with Crippen molar-refractivity contribution < 1.29 is 0 Å². The lowest BCUT2D eigenvalue weighted by molar-refractivity contribution is 0.514. The van der Waals surface area contributed by atoms with Gasteiger partial charge < -0.3 is 4.90 Å². The SMILES string of the molecule is CC.CC1=CCC(C)CC1.Cc1ccc(C)cc1.Cc1ccc(N(c2ccc(C)cc2)c2cc3c(c4ccccc24)-c2ccc4c(c2C3(C)C)C(C)(C)c2cc(C)c3ccccc3c2-4)cc1. The van der Waals surface area contributed by atoms with Gasteiger partial charge in [0.25, 0.3) is 0 Å². The molecule has 0 N–H and O–H groups in total. The van der Waals surface area contributed by atoms with E-state index in [0.29, 0.717) is 0 Å². The van der Waals surface area contributed by atoms with Crippen LogP contribution in [-0.2, 0) is 10.8 Å². The molecule has 8 aromatic rings. The van der Waals surface area contributed by atoms with Crippen LogP contribution in [0.1, 0.15) is 125 Å². The molecule has 0 aliphatic heterocycles. The molecule has 0 heterocycles. The fourth-order valence-corrected chi connectivity index (χ4v) is 10.8. The molecule has 1 nitrogen and oxygen atoms in total. The van der Waals surface area contributed by atoms with E-state index in [-0.39, 0.29) is 10.8 Å². The second-order valence-corrected chi connectivity index (χ2v) is 20.3. The molecule has 0 saturated carbocycles. The van der Waals surface area contributed by atoms with Gasteiger partial charge in [-0.3, -0.25) is 0 Å². The predicted molar refractivity (Wildman–Crippen MR) is 290 cm³/mol. The Labute approximate surface area is 397 Å². The van der Waals surface area contributed by atoms with Crippen molar-refractivity contribution in [2.45, 2.75) is 120 Å². The summed E-state index contributed by atoms with van der Waals surface area (Å²) in [6.45, 7) is 29.2. The lowest BCUT2D eigenvalue weighted by Gasteiger charge is -2.32. The minimum Gasteiger partial charge on any atom is -0.310 e. The van der Waals surface area contributed by atoms with Gasteiger partial charge in [0.05, 0.1) is 5.69 Å². The number of allylic oxidation sites excluding steroid dienone is 2. The van der Waals surface area contributed by atoms with Crippen molar-refractivity contribution in [3.05, 3.63) is 207 Å². The Kier molecular flexibility index (Phi) is 13.1. The van der Waals surface area contributed by atoms with Crippen molar-refractivity contribution >= 4 is 38.6 Å². The average molecular weight is 866 g/mol. The third-order valence-corrected chi connectivity index (χ3v) is 14.6. The predicted octanol–water partition coefficient (Wildman–Crippen LogP) is 19.1. The van der Waals surface area contributed by atoms with E-state index in [1.807, 2.05) is 13.8 Å². The van der Waals surface area contributed by atoms with E-state index in [1.165, 1.54) is 130 Å². The van der Waals surface area contributed by atoms with Crippen LogP contribution in [0.5, 0.6) is 0 Å². The molecule has 0 radical (unpaired) electrons. The second kappa shape index (κ2) is 18.6. The summed E-state index contributed by atoms with van der Waals surface area (Å²) in [5, 5.41) is 5.30. The van der Waals surface area contributed by atoms with Gasteiger partial charge in [-0.1, -0.05) is 198 Å². The van der Waals surface area contributed by atoms with E-state index in [4.69, 9.17) is 0 Å². The maximum Gasteiger partial charge on any atom is 0.0543 e. The molecule has 1 atom stereocenters. The lowest BCUT2D eigenvalue weighted by atomic mass is 9.72. The van der Waals surface area contributed by atoms with Crippen LogP contribution in [0.2, 0.25) is 0 Å². The van der Waals surface area contributed by atoms with E-state index < -0.39 is 0 Å². The van der Waals surface area contributed by atoms with E-state index in [9.17, 15) is 0 Å². The molecule has 8 aromatic carbocycles. The third kappa shape index (κ3) is 8.43. The van der Waals surface area contributed by atoms with Crippen LogP contribution in [0.3, 0.4) is 0 Å². The van der Waals surface area contributed by atoms with Gasteiger partial charge in [0, 0.05) is 27.6 Å². The van der Waals surface area contributed by atoms with Gasteiger partial charge in [-0.25, -0.2) is 0 Å². The summed E-state index contributed by atoms with van der Waals surface area (Å²) < 4.78 is 0. The summed E-state index contributed by atoms with van der Waals surface area (Å²) in [5.74, 6) is 0.943. The summed E-state index contributed by atoms with van der Waals surface area (Å²) in [7, 11) is 0. The topological polar surface area (TPSA) is 3.24 Å². The van der Waals surface area contributed by atoms with Crippen LogP contribution in [0.4, 0.5) is 17.1 Å². The van der Waals surface area contributed by atoms with Gasteiger partial charge in [-0.2, -0.15) is 0 Å². The third-order valence-electron chi connectivity index (χ3n) is 14.6. The van der Waals surface area contributed by atoms with Gasteiger partial charge >= 0.3 is 0 Å². The molecular formula is C65H71N. The van der Waals surface area contributed by atoms with E-state index >= 15 is 0 Å². The van der Waals surface area contributed by atoms with Crippen molar-refractivity contribution in [2.24, 2.45) is 5.92 Å². The number of nitrogens with zero attached hydrogens (tertiary/aromatic N) is 1. The van der Waals surface area contributed by atoms with Crippen LogP contribution < -0.4 is 4.90 Å². The second-order valence-electron chi connectivity index (χ2n) is 20.3. The number of hydrogen-bond donors (Lipinski definition) is 0. The van der Waals surface area contributed by atoms with E-state index in [2.05, 4.69) is 233 Å². The molecule has 3 aliphatic carbocycles. The highest BCUT2D eigenvalue weighted by Gasteiger charge is 2.47. The zero-order chi connectivity index (χ0) is 47.1. The number of aryl methyl sites for hydroxylation is 5. The Morgan fingerprint density at radius 3 is 1.29 bits per heavy atom. The molecule has 66 heavy (non-hydrogen) atoms. The Hall–Kier alpha value is -6.18. The first kappa shape index (κ1) is 46.4. The van der Waals surface area contributed by atoms with E-state index in [0.717, 1.165) is 5.92 Å². The fraction of sp³-hybridized carbons (Fsp3) is 0.292. The molecule has 11 rings (SSSR count). The molecule has 3 aliphatic rings. The van der Waals surface area contributed by atoms with Gasteiger partial charge in [0.2, 0.25) is 0 Å². The minimum absolute atomic E-state index is 0.126. The molecule has 0 aromatic heterocycles. The first-order chi connectivity index (χ1) is 31.6. The number of hydrogen-bond acceptors (Lipinski definition) is 1. The highest BCUT2D eigenvalue weighted by Crippen LogP contribution is 2.62. The van der Waals surface area contributed by atoms with Crippen molar-refractivity contribution in [1.82, 2.24) is 0 Å². The standard InChI is InChI=1S/C47H41N.C8H14.C8H10.C2H6/c1-28-16-20-31(21-17-28)48(32-22-18-29(2)19-23-32)41-27-40-43(36-15-11-9-13-34(36)41)38-25-24-37-42-35-14-10-8-12-33(35)30(3)26-39(42)46(4,5)44(37)45(38)47(40,6)7;2*1-7-3-5-8(2)6-4-7;1-2/h8-27H,1-7H3;3,8H,4-6H2,1-2H3;3-6H,1-2H3;1-2H3. The summed E-state index contributed by atoms with van der Waals surface area (Å²) in [6.07, 6.45) is 6.42. The smallest absolute Gasteiger partial charge is 0.0543 e. The molecule has 0 saturated heterocycles. The maximum absolute atomic E-state index is 2.51. The Morgan fingerprint density at radius 2 is 0.864 bits per heavy atom. The highest BCUT2D eigenvalue weighted by atomic mass is 15.1. The zero-order valence-corrected chi connectivity index (χ0v) is 42.1. The summed E-state index contributed by atoms with van der Waals surface area (Å²) in [4.78, 5) is 2.46. The monoisotopic (exact) mass is 866 g/mol. The molecule has 1 heteroatoms. The van der Waals surface area contributed by atoms with Gasteiger partial charge in [0.1, 0.15) is 0 Å². The normalized spacial score (nSPS) is 15.7. The molecule has 0 bridgehead atoms. The quantitative estimate of drug-likeness (QED) is 0.160. The Bertz CT molecular complexity index is 3000. The molecule has 0 fully saturated rings. The van der Waals surface area contributed by atoms with Gasteiger partial charge in [-0.15, -0.1) is 0 Å². The summed E-state index contributed by atoms with van der Waals surface area (Å²) in [6, 6.07) is 54.3. The molecule has 336 valence electrons. The van der Waals surface area contributed by atoms with Gasteiger partial charge in [-0.05, 0) is 163 Å². The maximum atomic E-state index is 2.51. The van der Waals surface area contributed by atoms with Crippen molar-refractivity contribution in [3.8, 4) is 22.3 Å². The van der Waals surface area contributed by atoms with Crippen LogP contribution in [0.25, 0.3) is 43.8 Å². The number of rotatable bonds is 3. The average Bonchev–Trinajstić information content (AvgIpc) is 3.69. The summed E-state index contributed by atoms with van der Waals surface area (Å²) in [5.41, 5.74) is 22.8.